The van der Waals surface area contributed by atoms with E-state index in [1.165, 1.54) is 31.3 Å². The molecule has 0 spiro atoms. The van der Waals surface area contributed by atoms with Crippen molar-refractivity contribution in [2.24, 2.45) is 0 Å². The lowest BCUT2D eigenvalue weighted by molar-refractivity contribution is 0.765. The lowest BCUT2D eigenvalue weighted by atomic mass is 10.1. The van der Waals surface area contributed by atoms with Crippen LogP contribution in [-0.2, 0) is 0 Å². The van der Waals surface area contributed by atoms with Gasteiger partial charge in [0, 0.05) is 0 Å². The van der Waals surface area contributed by atoms with Crippen molar-refractivity contribution in [2.45, 2.75) is 25.7 Å². The first-order valence-corrected chi connectivity index (χ1v) is 4.04. The number of hydrogen-bond donors (Lipinski definition) is 0. The van der Waals surface area contributed by atoms with Gasteiger partial charge in [0.1, 0.15) is 0 Å². The third-order valence-corrected chi connectivity index (χ3v) is 2.21. The van der Waals surface area contributed by atoms with E-state index < -0.39 is 0 Å². The fourth-order valence-corrected chi connectivity index (χ4v) is 1.62. The zero-order chi connectivity index (χ0) is 6.81. The van der Waals surface area contributed by atoms with Gasteiger partial charge in [0.2, 0.25) is 0 Å². The van der Waals surface area contributed by atoms with E-state index in [0.717, 1.165) is 0 Å². The Hall–Kier alpha value is -0.780. The van der Waals surface area contributed by atoms with Crippen molar-refractivity contribution >= 4 is 0 Å². The molecule has 0 heteroatoms. The van der Waals surface area contributed by atoms with E-state index in [-0.39, 0.29) is 0 Å². The second kappa shape index (κ2) is 2.45. The molecule has 0 aromatic carbocycles. The van der Waals surface area contributed by atoms with Crippen LogP contribution >= 0.6 is 0 Å². The minimum atomic E-state index is 1.27. The number of rotatable bonds is 0. The Morgan fingerprint density at radius 1 is 1.20 bits per heavy atom. The minimum Gasteiger partial charge on any atom is -0.0770 e. The van der Waals surface area contributed by atoms with Gasteiger partial charge in [0.05, 0.1) is 0 Å². The van der Waals surface area contributed by atoms with Crippen LogP contribution in [-0.4, -0.2) is 0 Å². The maximum atomic E-state index is 2.36. The summed E-state index contributed by atoms with van der Waals surface area (Å²) in [5, 5.41) is 0. The zero-order valence-electron chi connectivity index (χ0n) is 6.14. The summed E-state index contributed by atoms with van der Waals surface area (Å²) in [6.07, 6.45) is 14.3. The lowest BCUT2D eigenvalue weighted by Crippen LogP contribution is -1.78. The van der Waals surface area contributed by atoms with Gasteiger partial charge in [-0.2, -0.15) is 0 Å². The molecule has 0 amide bonds. The standard InChI is InChI=1S/C10H12/c1-2-5-9-7-4-8-10(9)6-3-1/h4-5,7-8H,1-3,6H2. The predicted octanol–water partition coefficient (Wildman–Crippen LogP) is 2.98. The Kier molecular flexibility index (Phi) is 1.46. The van der Waals surface area contributed by atoms with E-state index in [0.29, 0.717) is 0 Å². The molecule has 2 aliphatic rings. The van der Waals surface area contributed by atoms with Crippen molar-refractivity contribution in [1.29, 1.82) is 0 Å². The molecule has 2 aliphatic carbocycles. The molecule has 0 atom stereocenters. The summed E-state index contributed by atoms with van der Waals surface area (Å²) in [6, 6.07) is 0. The van der Waals surface area contributed by atoms with E-state index in [9.17, 15) is 0 Å². The van der Waals surface area contributed by atoms with Gasteiger partial charge in [-0.05, 0) is 36.8 Å². The van der Waals surface area contributed by atoms with Crippen molar-refractivity contribution in [3.8, 4) is 0 Å². The van der Waals surface area contributed by atoms with Gasteiger partial charge in [-0.25, -0.2) is 0 Å². The van der Waals surface area contributed by atoms with Crippen LogP contribution in [0.25, 0.3) is 0 Å². The van der Waals surface area contributed by atoms with Crippen molar-refractivity contribution in [3.63, 3.8) is 0 Å². The van der Waals surface area contributed by atoms with Gasteiger partial charge in [0.15, 0.2) is 0 Å². The topological polar surface area (TPSA) is 0 Å². The van der Waals surface area contributed by atoms with Crippen molar-refractivity contribution in [1.82, 2.24) is 0 Å². The van der Waals surface area contributed by atoms with Crippen molar-refractivity contribution < 1.29 is 0 Å². The molecule has 2 rings (SSSR count). The summed E-state index contributed by atoms with van der Waals surface area (Å²) >= 11 is 0. The first kappa shape index (κ1) is 5.96. The van der Waals surface area contributed by atoms with Crippen LogP contribution in [0.1, 0.15) is 25.7 Å². The molecule has 0 unspecified atom stereocenters. The van der Waals surface area contributed by atoms with Crippen LogP contribution in [0.2, 0.25) is 0 Å². The monoisotopic (exact) mass is 132 g/mol. The maximum absolute atomic E-state index is 2.36. The van der Waals surface area contributed by atoms with Crippen LogP contribution in [0.5, 0.6) is 0 Å². The fraction of sp³-hybridized carbons (Fsp3) is 0.400. The highest BCUT2D eigenvalue weighted by Gasteiger charge is 2.07. The molecular formula is C10H12. The summed E-state index contributed by atoms with van der Waals surface area (Å²) in [5.74, 6) is 0. The molecule has 0 fully saturated rings. The smallest absolute Gasteiger partial charge is 0.0265 e. The molecule has 0 heterocycles. The van der Waals surface area contributed by atoms with Crippen LogP contribution in [0.3, 0.4) is 0 Å². The first-order chi connectivity index (χ1) is 4.97. The Labute approximate surface area is 61.9 Å². The van der Waals surface area contributed by atoms with Crippen LogP contribution in [0.15, 0.2) is 35.5 Å². The van der Waals surface area contributed by atoms with Gasteiger partial charge in [-0.15, -0.1) is 0 Å². The highest BCUT2D eigenvalue weighted by Crippen LogP contribution is 2.27. The second-order valence-corrected chi connectivity index (χ2v) is 2.96. The molecule has 0 bridgehead atoms. The average molecular weight is 132 g/mol. The molecule has 0 aromatic rings. The minimum absolute atomic E-state index is 1.27. The molecule has 0 aromatic heterocycles. The Bertz CT molecular complexity index is 216. The van der Waals surface area contributed by atoms with Crippen LogP contribution in [0, 0.1) is 0 Å². The second-order valence-electron chi connectivity index (χ2n) is 2.96. The van der Waals surface area contributed by atoms with E-state index in [1.54, 1.807) is 5.57 Å². The van der Waals surface area contributed by atoms with Crippen LogP contribution < -0.4 is 0 Å². The number of allylic oxidation sites excluding steroid dienone is 6. The normalized spacial score (nSPS) is 23.2. The molecule has 0 radical (unpaired) electrons. The molecule has 0 saturated heterocycles. The molecule has 0 nitrogen and oxygen atoms in total. The zero-order valence-corrected chi connectivity index (χ0v) is 6.14. The highest BCUT2D eigenvalue weighted by atomic mass is 14.1. The SMILES string of the molecule is C1=CC2=CCCCCC2=C1. The maximum Gasteiger partial charge on any atom is -0.0265 e. The molecule has 0 saturated carbocycles. The van der Waals surface area contributed by atoms with E-state index >= 15 is 0 Å². The average Bonchev–Trinajstić information content (AvgIpc) is 2.28. The van der Waals surface area contributed by atoms with Gasteiger partial charge in [-0.3, -0.25) is 0 Å². The van der Waals surface area contributed by atoms with Gasteiger partial charge >= 0.3 is 0 Å². The third kappa shape index (κ3) is 0.942. The quantitative estimate of drug-likeness (QED) is 0.475. The molecule has 10 heavy (non-hydrogen) atoms. The molecule has 0 aliphatic heterocycles. The summed E-state index contributed by atoms with van der Waals surface area (Å²) < 4.78 is 0. The van der Waals surface area contributed by atoms with Gasteiger partial charge < -0.3 is 0 Å². The van der Waals surface area contributed by atoms with Gasteiger partial charge in [0.25, 0.3) is 0 Å². The number of hydrogen-bond acceptors (Lipinski definition) is 0. The number of fused-ring (bicyclic) bond motifs is 1. The van der Waals surface area contributed by atoms with E-state index in [1.807, 2.05) is 0 Å². The predicted molar refractivity (Wildman–Crippen MR) is 43.8 cm³/mol. The summed E-state index contributed by atoms with van der Waals surface area (Å²) in [5.41, 5.74) is 3.04. The molecule has 0 N–H and O–H groups in total. The Morgan fingerprint density at radius 2 is 2.20 bits per heavy atom. The first-order valence-electron chi connectivity index (χ1n) is 4.04. The summed E-state index contributed by atoms with van der Waals surface area (Å²) in [4.78, 5) is 0. The largest absolute Gasteiger partial charge is 0.0770 e. The summed E-state index contributed by atoms with van der Waals surface area (Å²) in [6.45, 7) is 0. The molecular weight excluding hydrogens is 120 g/mol. The Morgan fingerprint density at radius 3 is 3.20 bits per heavy atom. The Balaban J connectivity index is 2.28. The van der Waals surface area contributed by atoms with E-state index in [2.05, 4.69) is 24.3 Å². The highest BCUT2D eigenvalue weighted by molar-refractivity contribution is 5.48. The fourth-order valence-electron chi connectivity index (χ4n) is 1.62. The van der Waals surface area contributed by atoms with Crippen molar-refractivity contribution in [2.75, 3.05) is 0 Å². The van der Waals surface area contributed by atoms with Crippen LogP contribution in [0.4, 0.5) is 0 Å². The molecule has 52 valence electrons. The van der Waals surface area contributed by atoms with Gasteiger partial charge in [-0.1, -0.05) is 24.3 Å². The van der Waals surface area contributed by atoms with E-state index in [4.69, 9.17) is 0 Å². The van der Waals surface area contributed by atoms with Crippen molar-refractivity contribution in [3.05, 3.63) is 35.5 Å². The summed E-state index contributed by atoms with van der Waals surface area (Å²) in [7, 11) is 0. The lowest BCUT2D eigenvalue weighted by Gasteiger charge is -1.97. The third-order valence-electron chi connectivity index (χ3n) is 2.21.